The zero-order valence-corrected chi connectivity index (χ0v) is 9.91. The van der Waals surface area contributed by atoms with E-state index in [1.165, 1.54) is 0 Å². The van der Waals surface area contributed by atoms with E-state index in [2.05, 4.69) is 18.9 Å². The van der Waals surface area contributed by atoms with Crippen LogP contribution in [0.2, 0.25) is 0 Å². The average molecular weight is 233 g/mol. The van der Waals surface area contributed by atoms with E-state index in [4.69, 9.17) is 21.1 Å². The first-order valence-corrected chi connectivity index (χ1v) is 5.58. The Morgan fingerprint density at radius 3 is 2.80 bits per heavy atom. The van der Waals surface area contributed by atoms with Gasteiger partial charge in [0.1, 0.15) is 6.61 Å². The van der Waals surface area contributed by atoms with Gasteiger partial charge in [0.15, 0.2) is 5.75 Å². The van der Waals surface area contributed by atoms with Crippen LogP contribution in [-0.4, -0.2) is 35.5 Å². The van der Waals surface area contributed by atoms with Crippen LogP contribution in [0.5, 0.6) is 5.75 Å². The van der Waals surface area contributed by atoms with Crippen LogP contribution in [0.3, 0.4) is 0 Å². The van der Waals surface area contributed by atoms with Crippen molar-refractivity contribution in [3.8, 4) is 5.75 Å². The van der Waals surface area contributed by atoms with E-state index < -0.39 is 0 Å². The van der Waals surface area contributed by atoms with Gasteiger partial charge in [-0.2, -0.15) is 5.10 Å². The Hall–Kier alpha value is -0.740. The molecule has 0 spiro atoms. The molecule has 1 aromatic heterocycles. The molecule has 0 aliphatic rings. The first-order valence-electron chi connectivity index (χ1n) is 5.04. The quantitative estimate of drug-likeness (QED) is 0.534. The molecule has 15 heavy (non-hydrogen) atoms. The third kappa shape index (κ3) is 4.53. The smallest absolute Gasteiger partial charge is 0.157 e. The standard InChI is InChI=1S/C10H17ClN2O2/c1-9(2)13-8-10(7-12-13)15-6-5-14-4-3-11/h7-9H,3-6H2,1-2H3. The van der Waals surface area contributed by atoms with Crippen LogP contribution in [-0.2, 0) is 4.74 Å². The van der Waals surface area contributed by atoms with Crippen molar-refractivity contribution in [1.82, 2.24) is 9.78 Å². The molecule has 0 saturated heterocycles. The molecule has 0 aliphatic carbocycles. The number of hydrogen-bond donors (Lipinski definition) is 0. The Morgan fingerprint density at radius 2 is 2.20 bits per heavy atom. The lowest BCUT2D eigenvalue weighted by atomic mass is 10.4. The van der Waals surface area contributed by atoms with Gasteiger partial charge in [0.05, 0.1) is 25.6 Å². The predicted molar refractivity (Wildman–Crippen MR) is 59.6 cm³/mol. The molecule has 0 amide bonds. The van der Waals surface area contributed by atoms with Crippen LogP contribution in [0.1, 0.15) is 19.9 Å². The Balaban J connectivity index is 2.20. The van der Waals surface area contributed by atoms with Gasteiger partial charge in [-0.05, 0) is 13.8 Å². The minimum atomic E-state index is 0.356. The Kier molecular flexibility index (Phi) is 5.50. The summed E-state index contributed by atoms with van der Waals surface area (Å²) in [5.74, 6) is 1.30. The van der Waals surface area contributed by atoms with Crippen molar-refractivity contribution >= 4 is 11.6 Å². The van der Waals surface area contributed by atoms with Crippen molar-refractivity contribution in [2.75, 3.05) is 25.7 Å². The van der Waals surface area contributed by atoms with Gasteiger partial charge in [0.25, 0.3) is 0 Å². The molecule has 4 nitrogen and oxygen atoms in total. The molecule has 0 aliphatic heterocycles. The van der Waals surface area contributed by atoms with Crippen LogP contribution in [0.15, 0.2) is 12.4 Å². The lowest BCUT2D eigenvalue weighted by molar-refractivity contribution is 0.111. The lowest BCUT2D eigenvalue weighted by Crippen LogP contribution is -2.07. The van der Waals surface area contributed by atoms with Crippen molar-refractivity contribution in [1.29, 1.82) is 0 Å². The highest BCUT2D eigenvalue weighted by Gasteiger charge is 2.01. The molecular weight excluding hydrogens is 216 g/mol. The van der Waals surface area contributed by atoms with Gasteiger partial charge in [-0.25, -0.2) is 0 Å². The second kappa shape index (κ2) is 6.69. The molecular formula is C10H17ClN2O2. The maximum absolute atomic E-state index is 5.46. The summed E-state index contributed by atoms with van der Waals surface area (Å²) in [5, 5.41) is 4.16. The largest absolute Gasteiger partial charge is 0.488 e. The highest BCUT2D eigenvalue weighted by molar-refractivity contribution is 6.17. The van der Waals surface area contributed by atoms with Crippen LogP contribution in [0.25, 0.3) is 0 Å². The average Bonchev–Trinajstić information content (AvgIpc) is 2.66. The summed E-state index contributed by atoms with van der Waals surface area (Å²) in [7, 11) is 0. The first kappa shape index (κ1) is 12.3. The van der Waals surface area contributed by atoms with Crippen LogP contribution in [0.4, 0.5) is 0 Å². The Morgan fingerprint density at radius 1 is 1.40 bits per heavy atom. The van der Waals surface area contributed by atoms with E-state index in [1.807, 2.05) is 10.9 Å². The van der Waals surface area contributed by atoms with Crippen molar-refractivity contribution in [2.45, 2.75) is 19.9 Å². The minimum absolute atomic E-state index is 0.356. The van der Waals surface area contributed by atoms with E-state index >= 15 is 0 Å². The normalized spacial score (nSPS) is 10.9. The van der Waals surface area contributed by atoms with Gasteiger partial charge in [-0.3, -0.25) is 4.68 Å². The second-order valence-corrected chi connectivity index (χ2v) is 3.78. The van der Waals surface area contributed by atoms with E-state index in [0.717, 1.165) is 5.75 Å². The van der Waals surface area contributed by atoms with Gasteiger partial charge in [0.2, 0.25) is 0 Å². The second-order valence-electron chi connectivity index (χ2n) is 3.40. The zero-order chi connectivity index (χ0) is 11.1. The minimum Gasteiger partial charge on any atom is -0.488 e. The molecule has 1 aromatic rings. The van der Waals surface area contributed by atoms with Gasteiger partial charge in [-0.1, -0.05) is 0 Å². The Labute approximate surface area is 95.1 Å². The third-order valence-corrected chi connectivity index (χ3v) is 1.98. The number of halogens is 1. The van der Waals surface area contributed by atoms with Crippen molar-refractivity contribution in [2.24, 2.45) is 0 Å². The number of hydrogen-bond acceptors (Lipinski definition) is 3. The summed E-state index contributed by atoms with van der Waals surface area (Å²) in [6.45, 7) is 5.79. The lowest BCUT2D eigenvalue weighted by Gasteiger charge is -2.04. The molecule has 0 bridgehead atoms. The predicted octanol–water partition coefficient (Wildman–Crippen LogP) is 2.10. The number of rotatable bonds is 7. The highest BCUT2D eigenvalue weighted by atomic mass is 35.5. The molecule has 0 atom stereocenters. The third-order valence-electron chi connectivity index (χ3n) is 1.82. The topological polar surface area (TPSA) is 36.3 Å². The van der Waals surface area contributed by atoms with Gasteiger partial charge >= 0.3 is 0 Å². The van der Waals surface area contributed by atoms with Crippen molar-refractivity contribution < 1.29 is 9.47 Å². The maximum Gasteiger partial charge on any atom is 0.157 e. The molecule has 0 fully saturated rings. The molecule has 0 saturated carbocycles. The number of aromatic nitrogens is 2. The van der Waals surface area contributed by atoms with E-state index in [-0.39, 0.29) is 0 Å². The monoisotopic (exact) mass is 232 g/mol. The number of alkyl halides is 1. The van der Waals surface area contributed by atoms with Crippen LogP contribution >= 0.6 is 11.6 Å². The Bertz CT molecular complexity index is 276. The fourth-order valence-corrected chi connectivity index (χ4v) is 1.16. The fraction of sp³-hybridized carbons (Fsp3) is 0.700. The summed E-state index contributed by atoms with van der Waals surface area (Å²) < 4.78 is 12.5. The van der Waals surface area contributed by atoms with Crippen LogP contribution < -0.4 is 4.74 Å². The van der Waals surface area contributed by atoms with E-state index in [0.29, 0.717) is 31.7 Å². The number of nitrogens with zero attached hydrogens (tertiary/aromatic N) is 2. The summed E-state index contributed by atoms with van der Waals surface area (Å²) in [5.41, 5.74) is 0. The molecule has 0 N–H and O–H groups in total. The summed E-state index contributed by atoms with van der Waals surface area (Å²) in [6.07, 6.45) is 3.59. The molecule has 0 radical (unpaired) electrons. The maximum atomic E-state index is 5.46. The van der Waals surface area contributed by atoms with Crippen molar-refractivity contribution in [3.63, 3.8) is 0 Å². The summed E-state index contributed by atoms with van der Waals surface area (Å²) in [6, 6.07) is 0.356. The van der Waals surface area contributed by atoms with E-state index in [9.17, 15) is 0 Å². The molecule has 1 heterocycles. The molecule has 86 valence electrons. The van der Waals surface area contributed by atoms with E-state index in [1.54, 1.807) is 6.20 Å². The molecule has 0 aromatic carbocycles. The zero-order valence-electron chi connectivity index (χ0n) is 9.15. The fourth-order valence-electron chi connectivity index (χ4n) is 1.05. The number of ether oxygens (including phenoxy) is 2. The molecule has 0 unspecified atom stereocenters. The van der Waals surface area contributed by atoms with Crippen molar-refractivity contribution in [3.05, 3.63) is 12.4 Å². The van der Waals surface area contributed by atoms with Crippen LogP contribution in [0, 0.1) is 0 Å². The van der Waals surface area contributed by atoms with Gasteiger partial charge in [0, 0.05) is 11.9 Å². The summed E-state index contributed by atoms with van der Waals surface area (Å²) >= 11 is 5.46. The highest BCUT2D eigenvalue weighted by Crippen LogP contribution is 2.11. The molecule has 5 heteroatoms. The molecule has 1 rings (SSSR count). The first-order chi connectivity index (χ1) is 7.24. The van der Waals surface area contributed by atoms with Gasteiger partial charge < -0.3 is 9.47 Å². The van der Waals surface area contributed by atoms with Gasteiger partial charge in [-0.15, -0.1) is 11.6 Å². The summed E-state index contributed by atoms with van der Waals surface area (Å²) in [4.78, 5) is 0. The SMILES string of the molecule is CC(C)n1cc(OCCOCCCl)cn1.